The molecule has 0 aromatic rings. The van der Waals surface area contributed by atoms with Crippen LogP contribution >= 0.6 is 0 Å². The zero-order chi connectivity index (χ0) is 18.1. The number of aliphatic imine (C=N–C) groups is 1. The molecule has 0 aromatic carbocycles. The van der Waals surface area contributed by atoms with E-state index in [1.165, 1.54) is 19.3 Å². The maximum Gasteiger partial charge on any atom is 0.413 e. The summed E-state index contributed by atoms with van der Waals surface area (Å²) in [4.78, 5) is 30.2. The number of hydrogen-bond acceptors (Lipinski definition) is 5. The van der Waals surface area contributed by atoms with Gasteiger partial charge in [0.25, 0.3) is 0 Å². The van der Waals surface area contributed by atoms with E-state index in [1.54, 1.807) is 6.92 Å². The van der Waals surface area contributed by atoms with Crippen LogP contribution < -0.4 is 11.1 Å². The molecule has 2 amide bonds. The molecule has 1 saturated heterocycles. The van der Waals surface area contributed by atoms with Crippen molar-refractivity contribution < 1.29 is 19.1 Å². The van der Waals surface area contributed by atoms with Gasteiger partial charge in [-0.1, -0.05) is 32.1 Å². The summed E-state index contributed by atoms with van der Waals surface area (Å²) in [5.74, 6) is 0.354. The summed E-state index contributed by atoms with van der Waals surface area (Å²) in [6.45, 7) is 4.30. The number of hydrogen-bond donors (Lipinski definition) is 2. The van der Waals surface area contributed by atoms with E-state index in [9.17, 15) is 9.59 Å². The van der Waals surface area contributed by atoms with E-state index < -0.39 is 18.0 Å². The van der Waals surface area contributed by atoms with E-state index in [0.717, 1.165) is 12.8 Å². The topological polar surface area (TPSA) is 106 Å². The normalized spacial score (nSPS) is 20.8. The van der Waals surface area contributed by atoms with Gasteiger partial charge in [-0.15, -0.1) is 0 Å². The van der Waals surface area contributed by atoms with Gasteiger partial charge in [0.05, 0.1) is 19.8 Å². The van der Waals surface area contributed by atoms with Crippen molar-refractivity contribution in [2.45, 2.75) is 51.5 Å². The zero-order valence-electron chi connectivity index (χ0n) is 15.0. The molecule has 2 rings (SSSR count). The molecule has 1 aliphatic heterocycles. The summed E-state index contributed by atoms with van der Waals surface area (Å²) >= 11 is 0. The third-order valence-electron chi connectivity index (χ3n) is 4.69. The van der Waals surface area contributed by atoms with Gasteiger partial charge in [0.15, 0.2) is 0 Å². The highest BCUT2D eigenvalue weighted by atomic mass is 16.5. The maximum atomic E-state index is 11.9. The number of amides is 2. The lowest BCUT2D eigenvalue weighted by Crippen LogP contribution is -2.50. The number of carbonyl (C=O) groups excluding carboxylic acids is 2. The van der Waals surface area contributed by atoms with Crippen molar-refractivity contribution in [2.24, 2.45) is 16.6 Å². The van der Waals surface area contributed by atoms with Gasteiger partial charge in [0.1, 0.15) is 6.04 Å². The van der Waals surface area contributed by atoms with Crippen molar-refractivity contribution in [3.8, 4) is 0 Å². The van der Waals surface area contributed by atoms with Crippen LogP contribution in [0, 0.1) is 5.92 Å². The number of nitrogens with zero attached hydrogens (tertiary/aromatic N) is 2. The molecule has 1 unspecified atom stereocenters. The maximum absolute atomic E-state index is 11.9. The number of rotatable bonds is 5. The van der Waals surface area contributed by atoms with Gasteiger partial charge in [-0.25, -0.2) is 9.79 Å². The summed E-state index contributed by atoms with van der Waals surface area (Å²) < 4.78 is 10.3. The number of carbonyl (C=O) groups is 2. The predicted molar refractivity (Wildman–Crippen MR) is 94.2 cm³/mol. The van der Waals surface area contributed by atoms with Gasteiger partial charge in [0, 0.05) is 13.1 Å². The van der Waals surface area contributed by atoms with Crippen LogP contribution in [0.25, 0.3) is 0 Å². The molecule has 1 saturated carbocycles. The summed E-state index contributed by atoms with van der Waals surface area (Å²) in [6, 6.07) is -0.636. The van der Waals surface area contributed by atoms with Crippen molar-refractivity contribution in [2.75, 3.05) is 32.9 Å². The number of nitrogens with two attached hydrogens (primary N) is 1. The molecule has 0 bridgehead atoms. The Bertz CT molecular complexity index is 471. The molecule has 1 heterocycles. The Labute approximate surface area is 149 Å². The fourth-order valence-electron chi connectivity index (χ4n) is 3.35. The van der Waals surface area contributed by atoms with Crippen molar-refractivity contribution in [3.63, 3.8) is 0 Å². The lowest BCUT2D eigenvalue weighted by molar-refractivity contribution is -0.119. The van der Waals surface area contributed by atoms with Gasteiger partial charge in [-0.2, -0.15) is 0 Å². The van der Waals surface area contributed by atoms with Crippen LogP contribution in [-0.4, -0.2) is 61.8 Å². The number of alkyl carbamates (subject to hydrolysis) is 1. The molecule has 2 aliphatic rings. The molecular formula is C17H30N4O4. The Kier molecular flexibility index (Phi) is 7.97. The minimum absolute atomic E-state index is 0.267. The van der Waals surface area contributed by atoms with Crippen LogP contribution in [-0.2, 0) is 14.3 Å². The highest BCUT2D eigenvalue weighted by molar-refractivity contribution is 5.95. The monoisotopic (exact) mass is 354 g/mol. The molecule has 142 valence electrons. The Morgan fingerprint density at radius 1 is 1.28 bits per heavy atom. The van der Waals surface area contributed by atoms with Crippen LogP contribution in [0.5, 0.6) is 0 Å². The van der Waals surface area contributed by atoms with Gasteiger partial charge in [-0.3, -0.25) is 10.1 Å². The summed E-state index contributed by atoms with van der Waals surface area (Å²) in [6.07, 6.45) is 5.91. The second kappa shape index (κ2) is 10.2. The van der Waals surface area contributed by atoms with Crippen molar-refractivity contribution in [3.05, 3.63) is 0 Å². The van der Waals surface area contributed by atoms with E-state index in [4.69, 9.17) is 15.2 Å². The van der Waals surface area contributed by atoms with Crippen LogP contribution in [0.4, 0.5) is 4.79 Å². The van der Waals surface area contributed by atoms with Gasteiger partial charge >= 0.3 is 6.09 Å². The number of guanidine groups is 1. The van der Waals surface area contributed by atoms with Crippen molar-refractivity contribution >= 4 is 18.0 Å². The van der Waals surface area contributed by atoms with Crippen molar-refractivity contribution in [1.82, 2.24) is 10.2 Å². The SMILES string of the molecule is CCOC(=O)NC(=NC(CC1CCCCC1)C(N)=O)N1CCOCC1. The zero-order valence-corrected chi connectivity index (χ0v) is 15.0. The van der Waals surface area contributed by atoms with E-state index in [-0.39, 0.29) is 6.61 Å². The molecule has 0 radical (unpaired) electrons. The minimum Gasteiger partial charge on any atom is -0.450 e. The standard InChI is InChI=1S/C17H30N4O4/c1-2-25-17(23)20-16(21-8-10-24-11-9-21)19-14(15(18)22)12-13-6-4-3-5-7-13/h13-14H,2-12H2,1H3,(H2,18,22)(H,19,20,23). The quantitative estimate of drug-likeness (QED) is 0.571. The first-order valence-electron chi connectivity index (χ1n) is 9.23. The molecule has 0 spiro atoms. The van der Waals surface area contributed by atoms with E-state index >= 15 is 0 Å². The second-order valence-electron chi connectivity index (χ2n) is 6.56. The number of morpholine rings is 1. The smallest absolute Gasteiger partial charge is 0.413 e. The first-order chi connectivity index (χ1) is 12.1. The predicted octanol–water partition coefficient (Wildman–Crippen LogP) is 1.25. The third-order valence-corrected chi connectivity index (χ3v) is 4.69. The summed E-state index contributed by atoms with van der Waals surface area (Å²) in [5, 5.41) is 2.66. The summed E-state index contributed by atoms with van der Waals surface area (Å²) in [7, 11) is 0. The first-order valence-corrected chi connectivity index (χ1v) is 9.23. The van der Waals surface area contributed by atoms with E-state index in [2.05, 4.69) is 10.3 Å². The van der Waals surface area contributed by atoms with Gasteiger partial charge in [0.2, 0.25) is 11.9 Å². The highest BCUT2D eigenvalue weighted by Crippen LogP contribution is 2.28. The number of nitrogens with one attached hydrogen (secondary N) is 1. The first kappa shape index (κ1) is 19.5. The lowest BCUT2D eigenvalue weighted by Gasteiger charge is -2.31. The molecule has 1 aliphatic carbocycles. The Hall–Kier alpha value is -1.83. The fraction of sp³-hybridized carbons (Fsp3) is 0.824. The van der Waals surface area contributed by atoms with Crippen molar-refractivity contribution in [1.29, 1.82) is 0 Å². The Balaban J connectivity index is 2.11. The van der Waals surface area contributed by atoms with Crippen LogP contribution in [0.2, 0.25) is 0 Å². The highest BCUT2D eigenvalue weighted by Gasteiger charge is 2.25. The molecule has 1 atom stereocenters. The molecule has 8 nitrogen and oxygen atoms in total. The molecule has 0 aromatic heterocycles. The summed E-state index contributed by atoms with van der Waals surface area (Å²) in [5.41, 5.74) is 5.59. The minimum atomic E-state index is -0.636. The number of primary amides is 1. The van der Waals surface area contributed by atoms with Gasteiger partial charge in [-0.05, 0) is 19.3 Å². The fourth-order valence-corrected chi connectivity index (χ4v) is 3.35. The lowest BCUT2D eigenvalue weighted by atomic mass is 9.85. The average Bonchev–Trinajstić information content (AvgIpc) is 2.62. The second-order valence-corrected chi connectivity index (χ2v) is 6.56. The van der Waals surface area contributed by atoms with E-state index in [0.29, 0.717) is 44.6 Å². The molecular weight excluding hydrogens is 324 g/mol. The Morgan fingerprint density at radius 2 is 1.96 bits per heavy atom. The van der Waals surface area contributed by atoms with Crippen LogP contribution in [0.1, 0.15) is 45.4 Å². The molecule has 3 N–H and O–H groups in total. The average molecular weight is 354 g/mol. The molecule has 8 heteroatoms. The van der Waals surface area contributed by atoms with Crippen LogP contribution in [0.15, 0.2) is 4.99 Å². The van der Waals surface area contributed by atoms with Crippen LogP contribution in [0.3, 0.4) is 0 Å². The van der Waals surface area contributed by atoms with E-state index in [1.807, 2.05) is 4.90 Å². The largest absolute Gasteiger partial charge is 0.450 e. The molecule has 25 heavy (non-hydrogen) atoms. The Morgan fingerprint density at radius 3 is 2.56 bits per heavy atom. The molecule has 2 fully saturated rings. The van der Waals surface area contributed by atoms with Gasteiger partial charge < -0.3 is 20.1 Å². The third kappa shape index (κ3) is 6.53. The number of ether oxygens (including phenoxy) is 2.